The van der Waals surface area contributed by atoms with Crippen molar-refractivity contribution < 1.29 is 14.2 Å². The molecule has 0 saturated carbocycles. The van der Waals surface area contributed by atoms with E-state index < -0.39 is 0 Å². The molecule has 0 saturated heterocycles. The van der Waals surface area contributed by atoms with Gasteiger partial charge in [-0.2, -0.15) is 0 Å². The molecule has 0 fully saturated rings. The van der Waals surface area contributed by atoms with E-state index in [1.54, 1.807) is 21.3 Å². The predicted molar refractivity (Wildman–Crippen MR) is 101 cm³/mol. The highest BCUT2D eigenvalue weighted by Crippen LogP contribution is 2.34. The molecule has 134 valence electrons. The van der Waals surface area contributed by atoms with Gasteiger partial charge in [0.15, 0.2) is 5.96 Å². The quantitative estimate of drug-likeness (QED) is 0.597. The van der Waals surface area contributed by atoms with E-state index in [0.29, 0.717) is 36.2 Å². The number of rotatable bonds is 7. The number of aryl methyl sites for hydroxylation is 1. The van der Waals surface area contributed by atoms with E-state index in [2.05, 4.69) is 10.3 Å². The van der Waals surface area contributed by atoms with Crippen molar-refractivity contribution in [3.63, 3.8) is 0 Å². The SMILES string of the molecule is COc1cc(OC)c(CCN=C(N)Nc2cccc(C)c2)c(OC)c1. The van der Waals surface area contributed by atoms with Gasteiger partial charge in [0.25, 0.3) is 0 Å². The number of ether oxygens (including phenoxy) is 3. The number of hydrogen-bond donors (Lipinski definition) is 2. The van der Waals surface area contributed by atoms with Crippen molar-refractivity contribution in [2.75, 3.05) is 33.2 Å². The first-order valence-electron chi connectivity index (χ1n) is 8.00. The molecule has 6 nitrogen and oxygen atoms in total. The van der Waals surface area contributed by atoms with Crippen molar-refractivity contribution in [2.45, 2.75) is 13.3 Å². The van der Waals surface area contributed by atoms with Crippen LogP contribution in [0.25, 0.3) is 0 Å². The molecule has 6 heteroatoms. The van der Waals surface area contributed by atoms with Gasteiger partial charge in [-0.05, 0) is 31.0 Å². The van der Waals surface area contributed by atoms with E-state index in [9.17, 15) is 0 Å². The minimum absolute atomic E-state index is 0.372. The van der Waals surface area contributed by atoms with Gasteiger partial charge in [-0.25, -0.2) is 0 Å². The van der Waals surface area contributed by atoms with E-state index in [1.165, 1.54) is 0 Å². The summed E-state index contributed by atoms with van der Waals surface area (Å²) in [6, 6.07) is 11.6. The Balaban J connectivity index is 2.07. The molecular formula is C19H25N3O3. The van der Waals surface area contributed by atoms with Crippen LogP contribution in [0.5, 0.6) is 17.2 Å². The lowest BCUT2D eigenvalue weighted by molar-refractivity contribution is 0.369. The van der Waals surface area contributed by atoms with Gasteiger partial charge in [-0.3, -0.25) is 4.99 Å². The molecule has 0 aromatic heterocycles. The minimum atomic E-state index is 0.372. The fourth-order valence-electron chi connectivity index (χ4n) is 2.52. The van der Waals surface area contributed by atoms with Crippen molar-refractivity contribution in [3.05, 3.63) is 47.5 Å². The van der Waals surface area contributed by atoms with Crippen LogP contribution < -0.4 is 25.3 Å². The van der Waals surface area contributed by atoms with Crippen LogP contribution in [0.15, 0.2) is 41.4 Å². The molecule has 0 unspecified atom stereocenters. The molecule has 0 aliphatic heterocycles. The second-order valence-electron chi connectivity index (χ2n) is 5.52. The molecule has 3 N–H and O–H groups in total. The Hall–Kier alpha value is -2.89. The summed E-state index contributed by atoms with van der Waals surface area (Å²) >= 11 is 0. The van der Waals surface area contributed by atoms with Crippen molar-refractivity contribution in [2.24, 2.45) is 10.7 Å². The maximum Gasteiger partial charge on any atom is 0.193 e. The summed E-state index contributed by atoms with van der Waals surface area (Å²) in [5.74, 6) is 2.46. The van der Waals surface area contributed by atoms with E-state index in [-0.39, 0.29) is 0 Å². The summed E-state index contributed by atoms with van der Waals surface area (Å²) in [7, 11) is 4.85. The van der Waals surface area contributed by atoms with Crippen LogP contribution in [0.1, 0.15) is 11.1 Å². The fourth-order valence-corrected chi connectivity index (χ4v) is 2.52. The summed E-state index contributed by atoms with van der Waals surface area (Å²) < 4.78 is 16.1. The normalized spacial score (nSPS) is 11.1. The summed E-state index contributed by atoms with van der Waals surface area (Å²) in [6.45, 7) is 2.53. The molecule has 0 aliphatic carbocycles. The number of nitrogens with one attached hydrogen (secondary N) is 1. The van der Waals surface area contributed by atoms with E-state index in [0.717, 1.165) is 16.8 Å². The van der Waals surface area contributed by atoms with Gasteiger partial charge in [0.2, 0.25) is 0 Å². The Bertz CT molecular complexity index is 719. The number of methoxy groups -OCH3 is 3. The maximum atomic E-state index is 5.96. The molecule has 0 bridgehead atoms. The zero-order valence-electron chi connectivity index (χ0n) is 15.1. The van der Waals surface area contributed by atoms with Crippen LogP contribution in [0.3, 0.4) is 0 Å². The van der Waals surface area contributed by atoms with E-state index in [1.807, 2.05) is 43.3 Å². The monoisotopic (exact) mass is 343 g/mol. The second kappa shape index (κ2) is 8.82. The van der Waals surface area contributed by atoms with Crippen LogP contribution in [0.2, 0.25) is 0 Å². The molecule has 0 amide bonds. The van der Waals surface area contributed by atoms with E-state index in [4.69, 9.17) is 19.9 Å². The van der Waals surface area contributed by atoms with E-state index >= 15 is 0 Å². The lowest BCUT2D eigenvalue weighted by Gasteiger charge is -2.14. The molecule has 25 heavy (non-hydrogen) atoms. The third-order valence-electron chi connectivity index (χ3n) is 3.75. The highest BCUT2D eigenvalue weighted by atomic mass is 16.5. The summed E-state index contributed by atoms with van der Waals surface area (Å²) in [6.07, 6.45) is 0.631. The van der Waals surface area contributed by atoms with Gasteiger partial charge in [0.1, 0.15) is 17.2 Å². The van der Waals surface area contributed by atoms with Crippen LogP contribution in [-0.2, 0) is 6.42 Å². The lowest BCUT2D eigenvalue weighted by atomic mass is 10.1. The van der Waals surface area contributed by atoms with Crippen LogP contribution >= 0.6 is 0 Å². The van der Waals surface area contributed by atoms with Gasteiger partial charge >= 0.3 is 0 Å². The largest absolute Gasteiger partial charge is 0.496 e. The Morgan fingerprint density at radius 2 is 1.72 bits per heavy atom. The number of aliphatic imine (C=N–C) groups is 1. The Kier molecular flexibility index (Phi) is 6.51. The number of hydrogen-bond acceptors (Lipinski definition) is 4. The molecule has 2 aromatic carbocycles. The zero-order chi connectivity index (χ0) is 18.2. The first-order valence-corrected chi connectivity index (χ1v) is 8.00. The van der Waals surface area contributed by atoms with Gasteiger partial charge in [0.05, 0.1) is 21.3 Å². The molecule has 0 atom stereocenters. The Morgan fingerprint density at radius 1 is 1.04 bits per heavy atom. The fraction of sp³-hybridized carbons (Fsp3) is 0.316. The molecule has 0 heterocycles. The summed E-state index contributed by atoms with van der Waals surface area (Å²) in [5.41, 5.74) is 8.97. The molecular weight excluding hydrogens is 318 g/mol. The minimum Gasteiger partial charge on any atom is -0.496 e. The molecule has 2 rings (SSSR count). The second-order valence-corrected chi connectivity index (χ2v) is 5.52. The lowest BCUT2D eigenvalue weighted by Crippen LogP contribution is -2.23. The zero-order valence-corrected chi connectivity index (χ0v) is 15.1. The number of nitrogens with zero attached hydrogens (tertiary/aromatic N) is 1. The standard InChI is InChI=1S/C19H25N3O3/c1-13-6-5-7-14(10-13)22-19(20)21-9-8-16-17(24-3)11-15(23-2)12-18(16)25-4/h5-7,10-12H,8-9H2,1-4H3,(H3,20,21,22). The molecule has 0 radical (unpaired) electrons. The van der Waals surface area contributed by atoms with Crippen LogP contribution in [-0.4, -0.2) is 33.8 Å². The average molecular weight is 343 g/mol. The van der Waals surface area contributed by atoms with Crippen molar-refractivity contribution in [3.8, 4) is 17.2 Å². The Labute approximate surface area is 148 Å². The van der Waals surface area contributed by atoms with Crippen molar-refractivity contribution in [1.82, 2.24) is 0 Å². The highest BCUT2D eigenvalue weighted by Gasteiger charge is 2.12. The predicted octanol–water partition coefficient (Wildman–Crippen LogP) is 2.99. The van der Waals surface area contributed by atoms with Gasteiger partial charge < -0.3 is 25.3 Å². The van der Waals surface area contributed by atoms with Crippen molar-refractivity contribution in [1.29, 1.82) is 0 Å². The van der Waals surface area contributed by atoms with Crippen LogP contribution in [0, 0.1) is 6.92 Å². The van der Waals surface area contributed by atoms with Crippen LogP contribution in [0.4, 0.5) is 5.69 Å². The molecule has 0 spiro atoms. The first kappa shape index (κ1) is 18.4. The topological polar surface area (TPSA) is 78.1 Å². The smallest absolute Gasteiger partial charge is 0.193 e. The molecule has 2 aromatic rings. The average Bonchev–Trinajstić information content (AvgIpc) is 2.61. The third-order valence-corrected chi connectivity index (χ3v) is 3.75. The molecule has 0 aliphatic rings. The number of benzene rings is 2. The summed E-state index contributed by atoms with van der Waals surface area (Å²) in [4.78, 5) is 4.38. The van der Waals surface area contributed by atoms with Gasteiger partial charge in [-0.1, -0.05) is 12.1 Å². The van der Waals surface area contributed by atoms with Gasteiger partial charge in [-0.15, -0.1) is 0 Å². The first-order chi connectivity index (χ1) is 12.1. The maximum absolute atomic E-state index is 5.96. The van der Waals surface area contributed by atoms with Crippen molar-refractivity contribution >= 4 is 11.6 Å². The number of guanidine groups is 1. The summed E-state index contributed by atoms with van der Waals surface area (Å²) in [5, 5.41) is 3.09. The Morgan fingerprint density at radius 3 is 2.28 bits per heavy atom. The van der Waals surface area contributed by atoms with Gasteiger partial charge in [0, 0.05) is 29.9 Å². The highest BCUT2D eigenvalue weighted by molar-refractivity contribution is 5.92. The third kappa shape index (κ3) is 5.04. The number of anilines is 1. The number of nitrogens with two attached hydrogens (primary N) is 1.